The highest BCUT2D eigenvalue weighted by molar-refractivity contribution is 5.79. The lowest BCUT2D eigenvalue weighted by atomic mass is 9.70. The average Bonchev–Trinajstić information content (AvgIpc) is 2.53. The van der Waals surface area contributed by atoms with Crippen molar-refractivity contribution in [2.24, 2.45) is 17.6 Å². The second-order valence-electron chi connectivity index (χ2n) is 6.15. The van der Waals surface area contributed by atoms with E-state index in [0.717, 1.165) is 18.0 Å². The number of fused-ring (bicyclic) bond motifs is 1. The van der Waals surface area contributed by atoms with Gasteiger partial charge in [-0.05, 0) is 54.8 Å². The summed E-state index contributed by atoms with van der Waals surface area (Å²) in [6, 6.07) is 10.9. The Morgan fingerprint density at radius 1 is 1.25 bits per heavy atom. The van der Waals surface area contributed by atoms with Crippen molar-refractivity contribution in [3.63, 3.8) is 0 Å². The van der Waals surface area contributed by atoms with Gasteiger partial charge in [0, 0.05) is 11.6 Å². The monoisotopic (exact) mass is 268 g/mol. The van der Waals surface area contributed by atoms with Crippen LogP contribution in [0.1, 0.15) is 44.1 Å². The van der Waals surface area contributed by atoms with E-state index in [4.69, 9.17) is 5.73 Å². The van der Waals surface area contributed by atoms with E-state index < -0.39 is 0 Å². The largest absolute Gasteiger partial charge is 0.330 e. The molecule has 3 atom stereocenters. The van der Waals surface area contributed by atoms with Crippen LogP contribution >= 0.6 is 0 Å². The van der Waals surface area contributed by atoms with Crippen LogP contribution < -0.4 is 5.73 Å². The molecule has 1 saturated carbocycles. The van der Waals surface area contributed by atoms with Crippen molar-refractivity contribution < 1.29 is 0 Å². The van der Waals surface area contributed by atoms with E-state index in [1.807, 2.05) is 12.3 Å². The van der Waals surface area contributed by atoms with E-state index in [1.165, 1.54) is 36.6 Å². The highest BCUT2D eigenvalue weighted by Crippen LogP contribution is 2.41. The number of nitrogens with two attached hydrogens (primary N) is 1. The molecule has 0 saturated heterocycles. The van der Waals surface area contributed by atoms with Gasteiger partial charge in [-0.25, -0.2) is 0 Å². The van der Waals surface area contributed by atoms with Crippen LogP contribution in [0.2, 0.25) is 0 Å². The molecule has 1 aliphatic carbocycles. The summed E-state index contributed by atoms with van der Waals surface area (Å²) in [5.41, 5.74) is 8.56. The normalized spacial score (nSPS) is 26.8. The molecule has 2 N–H and O–H groups in total. The summed E-state index contributed by atoms with van der Waals surface area (Å²) in [7, 11) is 0. The van der Waals surface area contributed by atoms with Crippen LogP contribution in [0.25, 0.3) is 10.9 Å². The van der Waals surface area contributed by atoms with Gasteiger partial charge in [0.1, 0.15) is 0 Å². The van der Waals surface area contributed by atoms with Crippen molar-refractivity contribution in [3.05, 3.63) is 42.1 Å². The number of rotatable bonds is 3. The number of benzene rings is 1. The molecule has 0 radical (unpaired) electrons. The Hall–Kier alpha value is -1.41. The lowest BCUT2D eigenvalue weighted by Gasteiger charge is -2.35. The minimum Gasteiger partial charge on any atom is -0.330 e. The van der Waals surface area contributed by atoms with Crippen molar-refractivity contribution >= 4 is 10.9 Å². The summed E-state index contributed by atoms with van der Waals surface area (Å²) < 4.78 is 0. The van der Waals surface area contributed by atoms with Crippen LogP contribution in [0, 0.1) is 11.8 Å². The molecular weight excluding hydrogens is 244 g/mol. The topological polar surface area (TPSA) is 38.9 Å². The number of aromatic nitrogens is 1. The molecule has 0 amide bonds. The number of nitrogens with zero attached hydrogens (tertiary/aromatic N) is 1. The second kappa shape index (κ2) is 5.92. The first kappa shape index (κ1) is 13.6. The Bertz CT molecular complexity index is 578. The third-order valence-corrected chi connectivity index (χ3v) is 5.04. The zero-order valence-corrected chi connectivity index (χ0v) is 12.3. The maximum absolute atomic E-state index is 6.01. The van der Waals surface area contributed by atoms with Gasteiger partial charge in [-0.1, -0.05) is 38.0 Å². The molecule has 1 aliphatic rings. The number of hydrogen-bond acceptors (Lipinski definition) is 2. The molecule has 1 fully saturated rings. The lowest BCUT2D eigenvalue weighted by Crippen LogP contribution is -2.28. The van der Waals surface area contributed by atoms with Crippen molar-refractivity contribution in [2.45, 2.75) is 38.5 Å². The van der Waals surface area contributed by atoms with E-state index in [2.05, 4.69) is 36.2 Å². The van der Waals surface area contributed by atoms with E-state index in [9.17, 15) is 0 Å². The van der Waals surface area contributed by atoms with E-state index in [-0.39, 0.29) is 0 Å². The molecule has 2 heteroatoms. The molecule has 0 spiro atoms. The SMILES string of the molecule is CCC1CCC(CN)C(c2ccc3cccnc3c2)C1. The van der Waals surface area contributed by atoms with Gasteiger partial charge >= 0.3 is 0 Å². The predicted molar refractivity (Wildman–Crippen MR) is 84.7 cm³/mol. The van der Waals surface area contributed by atoms with Crippen molar-refractivity contribution in [3.8, 4) is 0 Å². The number of hydrogen-bond donors (Lipinski definition) is 1. The van der Waals surface area contributed by atoms with Gasteiger partial charge in [0.15, 0.2) is 0 Å². The molecule has 2 aromatic rings. The summed E-state index contributed by atoms with van der Waals surface area (Å²) in [6.45, 7) is 3.12. The van der Waals surface area contributed by atoms with Gasteiger partial charge in [0.05, 0.1) is 5.52 Å². The average molecular weight is 268 g/mol. The fourth-order valence-electron chi connectivity index (χ4n) is 3.70. The molecule has 1 aromatic carbocycles. The highest BCUT2D eigenvalue weighted by Gasteiger charge is 2.30. The Morgan fingerprint density at radius 3 is 2.95 bits per heavy atom. The Kier molecular flexibility index (Phi) is 4.02. The van der Waals surface area contributed by atoms with Gasteiger partial charge in [-0.15, -0.1) is 0 Å². The summed E-state index contributed by atoms with van der Waals surface area (Å²) in [5.74, 6) is 2.12. The van der Waals surface area contributed by atoms with Crippen LogP contribution in [0.15, 0.2) is 36.5 Å². The molecular formula is C18H24N2. The van der Waals surface area contributed by atoms with Gasteiger partial charge in [0.2, 0.25) is 0 Å². The van der Waals surface area contributed by atoms with E-state index >= 15 is 0 Å². The van der Waals surface area contributed by atoms with Gasteiger partial charge in [-0.2, -0.15) is 0 Å². The van der Waals surface area contributed by atoms with Gasteiger partial charge < -0.3 is 5.73 Å². The van der Waals surface area contributed by atoms with Gasteiger partial charge in [-0.3, -0.25) is 4.98 Å². The summed E-state index contributed by atoms with van der Waals surface area (Å²) >= 11 is 0. The summed E-state index contributed by atoms with van der Waals surface area (Å²) in [4.78, 5) is 4.50. The first-order chi connectivity index (χ1) is 9.81. The molecule has 1 heterocycles. The zero-order valence-electron chi connectivity index (χ0n) is 12.3. The minimum atomic E-state index is 0.616. The molecule has 0 aliphatic heterocycles. The summed E-state index contributed by atoms with van der Waals surface area (Å²) in [6.07, 6.45) is 7.08. The van der Waals surface area contributed by atoms with Crippen molar-refractivity contribution in [1.29, 1.82) is 0 Å². The fourth-order valence-corrected chi connectivity index (χ4v) is 3.70. The van der Waals surface area contributed by atoms with E-state index in [1.54, 1.807) is 0 Å². The maximum Gasteiger partial charge on any atom is 0.0704 e. The Labute approximate surface area is 121 Å². The molecule has 0 bridgehead atoms. The van der Waals surface area contributed by atoms with Crippen molar-refractivity contribution in [2.75, 3.05) is 6.54 Å². The number of pyridine rings is 1. The molecule has 3 rings (SSSR count). The quantitative estimate of drug-likeness (QED) is 0.910. The van der Waals surface area contributed by atoms with E-state index in [0.29, 0.717) is 11.8 Å². The highest BCUT2D eigenvalue weighted by atomic mass is 14.6. The fraction of sp³-hybridized carbons (Fsp3) is 0.500. The molecule has 2 nitrogen and oxygen atoms in total. The maximum atomic E-state index is 6.01. The van der Waals surface area contributed by atoms with Crippen molar-refractivity contribution in [1.82, 2.24) is 4.98 Å². The molecule has 106 valence electrons. The van der Waals surface area contributed by atoms with Crippen LogP contribution in [-0.2, 0) is 0 Å². The zero-order chi connectivity index (χ0) is 13.9. The third kappa shape index (κ3) is 2.57. The first-order valence-corrected chi connectivity index (χ1v) is 7.86. The van der Waals surface area contributed by atoms with Crippen LogP contribution in [-0.4, -0.2) is 11.5 Å². The molecule has 3 unspecified atom stereocenters. The van der Waals surface area contributed by atoms with Gasteiger partial charge in [0.25, 0.3) is 0 Å². The molecule has 20 heavy (non-hydrogen) atoms. The summed E-state index contributed by atoms with van der Waals surface area (Å²) in [5, 5.41) is 1.23. The minimum absolute atomic E-state index is 0.616. The van der Waals surface area contributed by atoms with Crippen LogP contribution in [0.4, 0.5) is 0 Å². The first-order valence-electron chi connectivity index (χ1n) is 7.86. The standard InChI is InChI=1S/C18H24N2/c1-2-13-5-6-16(12-19)17(10-13)15-8-7-14-4-3-9-20-18(14)11-15/h3-4,7-9,11,13,16-17H,2,5-6,10,12,19H2,1H3. The smallest absolute Gasteiger partial charge is 0.0704 e. The Morgan fingerprint density at radius 2 is 2.15 bits per heavy atom. The molecule has 1 aromatic heterocycles. The third-order valence-electron chi connectivity index (χ3n) is 5.04. The lowest BCUT2D eigenvalue weighted by molar-refractivity contribution is 0.236. The Balaban J connectivity index is 1.94. The predicted octanol–water partition coefficient (Wildman–Crippen LogP) is 4.10. The van der Waals surface area contributed by atoms with Crippen LogP contribution in [0.5, 0.6) is 0 Å². The van der Waals surface area contributed by atoms with Crippen LogP contribution in [0.3, 0.4) is 0 Å². The second-order valence-corrected chi connectivity index (χ2v) is 6.15.